The second-order valence-corrected chi connectivity index (χ2v) is 8.11. The number of hydrogen-bond donors (Lipinski definition) is 1. The van der Waals surface area contributed by atoms with Gasteiger partial charge in [-0.3, -0.25) is 19.6 Å². The van der Waals surface area contributed by atoms with Crippen molar-refractivity contribution in [2.24, 2.45) is 0 Å². The van der Waals surface area contributed by atoms with E-state index in [2.05, 4.69) is 9.97 Å². The number of carbonyl (C=O) groups excluding carboxylic acids is 2. The fraction of sp³-hybridized carbons (Fsp3) is 0.167. The molecule has 8 nitrogen and oxygen atoms in total. The maximum Gasteiger partial charge on any atom is 0.296 e. The monoisotopic (exact) mass is 499 g/mol. The van der Waals surface area contributed by atoms with Crippen LogP contribution in [0.15, 0.2) is 60.6 Å². The van der Waals surface area contributed by atoms with Gasteiger partial charge in [0.2, 0.25) is 0 Å². The standard InChI is InChI=1S/C24H19Cl2N3O5/c1-33-22-14(10-15(25)23(34-2)18(22)26)20(30)17-19(16-7-3-4-9-28-16)29(24(32)21(17)31)12-13-6-5-8-27-11-13/h3-11,19,30H,12H2,1-2H3/b20-17+. The molecule has 0 radical (unpaired) electrons. The zero-order valence-corrected chi connectivity index (χ0v) is 19.7. The predicted octanol–water partition coefficient (Wildman–Crippen LogP) is 4.42. The molecule has 34 heavy (non-hydrogen) atoms. The van der Waals surface area contributed by atoms with Crippen molar-refractivity contribution in [3.8, 4) is 11.5 Å². The first-order valence-electron chi connectivity index (χ1n) is 10.1. The fourth-order valence-corrected chi connectivity index (χ4v) is 4.56. The molecule has 4 rings (SSSR count). The first kappa shape index (κ1) is 23.5. The molecule has 3 aromatic rings. The second-order valence-electron chi connectivity index (χ2n) is 7.33. The highest BCUT2D eigenvalue weighted by atomic mass is 35.5. The molecule has 1 N–H and O–H groups in total. The molecule has 1 aliphatic heterocycles. The number of likely N-dealkylation sites (tertiary alicyclic amines) is 1. The van der Waals surface area contributed by atoms with Crippen LogP contribution < -0.4 is 9.47 Å². The van der Waals surface area contributed by atoms with E-state index in [9.17, 15) is 14.7 Å². The molecule has 0 aliphatic carbocycles. The molecule has 0 saturated carbocycles. The van der Waals surface area contributed by atoms with Gasteiger partial charge in [0, 0.05) is 25.1 Å². The summed E-state index contributed by atoms with van der Waals surface area (Å²) < 4.78 is 10.6. The smallest absolute Gasteiger partial charge is 0.296 e. The van der Waals surface area contributed by atoms with Crippen LogP contribution in [0.4, 0.5) is 0 Å². The zero-order chi connectivity index (χ0) is 24.4. The number of nitrogens with zero attached hydrogens (tertiary/aromatic N) is 3. The summed E-state index contributed by atoms with van der Waals surface area (Å²) >= 11 is 12.7. The Labute approximate surface area is 205 Å². The Kier molecular flexibility index (Phi) is 6.72. The predicted molar refractivity (Wildman–Crippen MR) is 126 cm³/mol. The number of carbonyl (C=O) groups is 2. The number of ketones is 1. The molecular weight excluding hydrogens is 481 g/mol. The van der Waals surface area contributed by atoms with Gasteiger partial charge in [-0.25, -0.2) is 0 Å². The van der Waals surface area contributed by atoms with Gasteiger partial charge in [-0.05, 0) is 29.8 Å². The molecule has 0 bridgehead atoms. The number of rotatable bonds is 6. The van der Waals surface area contributed by atoms with E-state index in [-0.39, 0.29) is 39.2 Å². The number of Topliss-reactive ketones (excluding diaryl/α,β-unsaturated/α-hetero) is 1. The SMILES string of the molecule is COc1c(Cl)cc(/C(O)=C2\C(=O)C(=O)N(Cc3cccnc3)C2c2ccccn2)c(OC)c1Cl. The van der Waals surface area contributed by atoms with E-state index in [0.29, 0.717) is 11.3 Å². The van der Waals surface area contributed by atoms with E-state index in [1.165, 1.54) is 25.2 Å². The summed E-state index contributed by atoms with van der Waals surface area (Å²) in [7, 11) is 2.74. The summed E-state index contributed by atoms with van der Waals surface area (Å²) in [6.45, 7) is 0.0810. The van der Waals surface area contributed by atoms with Gasteiger partial charge in [-0.1, -0.05) is 35.3 Å². The topological polar surface area (TPSA) is 102 Å². The number of ether oxygens (including phenoxy) is 2. The molecule has 1 atom stereocenters. The minimum Gasteiger partial charge on any atom is -0.507 e. The highest BCUT2D eigenvalue weighted by Gasteiger charge is 2.47. The van der Waals surface area contributed by atoms with Gasteiger partial charge >= 0.3 is 0 Å². The lowest BCUT2D eigenvalue weighted by Crippen LogP contribution is -2.29. The van der Waals surface area contributed by atoms with Crippen LogP contribution in [-0.2, 0) is 16.1 Å². The largest absolute Gasteiger partial charge is 0.507 e. The number of benzene rings is 1. The van der Waals surface area contributed by atoms with E-state index in [0.717, 1.165) is 0 Å². The molecule has 1 aliphatic rings. The molecule has 1 saturated heterocycles. The molecular formula is C24H19Cl2N3O5. The molecule has 1 fully saturated rings. The van der Waals surface area contributed by atoms with Gasteiger partial charge in [-0.2, -0.15) is 0 Å². The lowest BCUT2D eigenvalue weighted by Gasteiger charge is -2.24. The van der Waals surface area contributed by atoms with Gasteiger partial charge in [-0.15, -0.1) is 0 Å². The summed E-state index contributed by atoms with van der Waals surface area (Å²) in [5.41, 5.74) is 0.983. The van der Waals surface area contributed by atoms with Crippen LogP contribution in [0, 0.1) is 0 Å². The number of amides is 1. The number of pyridine rings is 2. The third-order valence-electron chi connectivity index (χ3n) is 5.38. The highest BCUT2D eigenvalue weighted by Crippen LogP contribution is 2.47. The number of hydrogen-bond acceptors (Lipinski definition) is 7. The molecule has 3 heterocycles. The summed E-state index contributed by atoms with van der Waals surface area (Å²) in [5, 5.41) is 11.5. The Balaban J connectivity index is 1.93. The number of aromatic nitrogens is 2. The lowest BCUT2D eigenvalue weighted by atomic mass is 9.97. The highest BCUT2D eigenvalue weighted by molar-refractivity contribution is 6.46. The van der Waals surface area contributed by atoms with Crippen LogP contribution in [0.1, 0.15) is 22.9 Å². The molecule has 1 aromatic carbocycles. The third-order valence-corrected chi connectivity index (χ3v) is 6.00. The Morgan fingerprint density at radius 3 is 2.47 bits per heavy atom. The van der Waals surface area contributed by atoms with E-state index in [1.54, 1.807) is 48.9 Å². The Bertz CT molecular complexity index is 1280. The quantitative estimate of drug-likeness (QED) is 0.304. The van der Waals surface area contributed by atoms with Crippen molar-refractivity contribution >= 4 is 40.7 Å². The minimum atomic E-state index is -0.967. The average molecular weight is 500 g/mol. The summed E-state index contributed by atoms with van der Waals surface area (Å²) in [6.07, 6.45) is 4.75. The number of aliphatic hydroxyl groups is 1. The van der Waals surface area contributed by atoms with Crippen molar-refractivity contribution < 1.29 is 24.2 Å². The first-order valence-corrected chi connectivity index (χ1v) is 10.8. The number of methoxy groups -OCH3 is 2. The number of aliphatic hydroxyl groups excluding tert-OH is 1. The first-order chi connectivity index (χ1) is 16.4. The summed E-state index contributed by atoms with van der Waals surface area (Å²) in [5.74, 6) is -1.97. The van der Waals surface area contributed by atoms with Crippen LogP contribution in [0.2, 0.25) is 10.0 Å². The summed E-state index contributed by atoms with van der Waals surface area (Å²) in [4.78, 5) is 36.1. The van der Waals surface area contributed by atoms with Crippen LogP contribution in [0.25, 0.3) is 5.76 Å². The molecule has 2 aromatic heterocycles. The third kappa shape index (κ3) is 4.06. The van der Waals surface area contributed by atoms with Crippen molar-refractivity contribution in [1.29, 1.82) is 0 Å². The molecule has 174 valence electrons. The van der Waals surface area contributed by atoms with Crippen LogP contribution in [0.5, 0.6) is 11.5 Å². The maximum absolute atomic E-state index is 13.2. The van der Waals surface area contributed by atoms with Gasteiger partial charge in [0.25, 0.3) is 11.7 Å². The van der Waals surface area contributed by atoms with Crippen LogP contribution in [0.3, 0.4) is 0 Å². The minimum absolute atomic E-state index is 0.0121. The molecule has 1 unspecified atom stereocenters. The van der Waals surface area contributed by atoms with Crippen molar-refractivity contribution in [3.63, 3.8) is 0 Å². The van der Waals surface area contributed by atoms with Gasteiger partial charge in [0.15, 0.2) is 11.5 Å². The van der Waals surface area contributed by atoms with E-state index in [1.807, 2.05) is 0 Å². The average Bonchev–Trinajstić information content (AvgIpc) is 3.09. The van der Waals surface area contributed by atoms with Gasteiger partial charge < -0.3 is 19.5 Å². The fourth-order valence-electron chi connectivity index (χ4n) is 3.87. The lowest BCUT2D eigenvalue weighted by molar-refractivity contribution is -0.140. The van der Waals surface area contributed by atoms with Crippen molar-refractivity contribution in [1.82, 2.24) is 14.9 Å². The van der Waals surface area contributed by atoms with Gasteiger partial charge in [0.1, 0.15) is 16.8 Å². The van der Waals surface area contributed by atoms with Gasteiger partial charge in [0.05, 0.1) is 36.1 Å². The zero-order valence-electron chi connectivity index (χ0n) is 18.2. The van der Waals surface area contributed by atoms with Crippen LogP contribution >= 0.6 is 23.2 Å². The molecule has 10 heteroatoms. The van der Waals surface area contributed by atoms with E-state index < -0.39 is 23.5 Å². The number of halogens is 2. The van der Waals surface area contributed by atoms with Crippen molar-refractivity contribution in [2.45, 2.75) is 12.6 Å². The molecule has 1 amide bonds. The van der Waals surface area contributed by atoms with Crippen LogP contribution in [-0.4, -0.2) is 45.9 Å². The Morgan fingerprint density at radius 1 is 1.09 bits per heavy atom. The Morgan fingerprint density at radius 2 is 1.85 bits per heavy atom. The Hall–Kier alpha value is -3.62. The van der Waals surface area contributed by atoms with E-state index in [4.69, 9.17) is 32.7 Å². The second kappa shape index (κ2) is 9.70. The maximum atomic E-state index is 13.2. The molecule has 0 spiro atoms. The normalized spacial score (nSPS) is 17.2. The summed E-state index contributed by atoms with van der Waals surface area (Å²) in [6, 6.07) is 9.03. The van der Waals surface area contributed by atoms with Crippen molar-refractivity contribution in [2.75, 3.05) is 14.2 Å². The van der Waals surface area contributed by atoms with E-state index >= 15 is 0 Å². The van der Waals surface area contributed by atoms with Crippen molar-refractivity contribution in [3.05, 3.63) is 87.4 Å².